The molecule has 1 N–H and O–H groups in total. The maximum atomic E-state index is 8.90. The lowest BCUT2D eigenvalue weighted by atomic mass is 12.0. The maximum Gasteiger partial charge on any atom is 0.120 e. The molecule has 0 saturated carbocycles. The molecule has 0 aromatic heterocycles. The van der Waals surface area contributed by atoms with Crippen molar-refractivity contribution in [2.75, 3.05) is 0 Å². The zero-order valence-electron chi connectivity index (χ0n) is 2.08. The summed E-state index contributed by atoms with van der Waals surface area (Å²) in [4.78, 5) is 0. The Kier molecular flexibility index (Phi) is 7.88. The van der Waals surface area contributed by atoms with Crippen molar-refractivity contribution in [1.82, 2.24) is 0 Å². The molecule has 0 radical (unpaired) electrons. The van der Waals surface area contributed by atoms with Crippen LogP contribution in [0.3, 0.4) is 0 Å². The fraction of sp³-hybridized carbons (Fsp3) is 1.00. The Labute approximate surface area is 38.2 Å². The molecule has 1 atom stereocenters. The first kappa shape index (κ1) is 9.39. The SMILES string of the molecule is C.O=S([O-])OO. The zero-order valence-corrected chi connectivity index (χ0v) is 2.90. The molecule has 0 rings (SSSR count). The molecule has 0 aromatic carbocycles. The van der Waals surface area contributed by atoms with E-state index < -0.39 is 11.4 Å². The van der Waals surface area contributed by atoms with Crippen molar-refractivity contribution in [3.63, 3.8) is 0 Å². The van der Waals surface area contributed by atoms with Gasteiger partial charge in [0, 0.05) is 0 Å². The van der Waals surface area contributed by atoms with Gasteiger partial charge in [0.25, 0.3) is 0 Å². The third-order valence-electron chi connectivity index (χ3n) is 0.0609. The van der Waals surface area contributed by atoms with E-state index in [1.807, 2.05) is 0 Å². The second-order valence-electron chi connectivity index (χ2n) is 0.279. The number of hydrogen-bond acceptors (Lipinski definition) is 4. The largest absolute Gasteiger partial charge is 0.748 e. The van der Waals surface area contributed by atoms with Gasteiger partial charge in [0.1, 0.15) is 11.4 Å². The van der Waals surface area contributed by atoms with Crippen LogP contribution in [0.5, 0.6) is 0 Å². The van der Waals surface area contributed by atoms with Gasteiger partial charge >= 0.3 is 0 Å². The molecule has 0 bridgehead atoms. The van der Waals surface area contributed by atoms with Crippen molar-refractivity contribution in [3.8, 4) is 0 Å². The molecule has 0 saturated heterocycles. The van der Waals surface area contributed by atoms with Crippen molar-refractivity contribution in [2.45, 2.75) is 7.43 Å². The van der Waals surface area contributed by atoms with Gasteiger partial charge in [-0.05, 0) is 0 Å². The van der Waals surface area contributed by atoms with Crippen LogP contribution in [0.15, 0.2) is 0 Å². The van der Waals surface area contributed by atoms with E-state index in [1.165, 1.54) is 0 Å². The van der Waals surface area contributed by atoms with Crippen LogP contribution in [0.25, 0.3) is 0 Å². The van der Waals surface area contributed by atoms with E-state index in [4.69, 9.17) is 14.0 Å². The van der Waals surface area contributed by atoms with Crippen LogP contribution in [0, 0.1) is 0 Å². The van der Waals surface area contributed by atoms with E-state index in [9.17, 15) is 0 Å². The topological polar surface area (TPSA) is 69.6 Å². The highest BCUT2D eigenvalue weighted by atomic mass is 32.2. The lowest BCUT2D eigenvalue weighted by molar-refractivity contribution is -0.132. The maximum absolute atomic E-state index is 8.90. The van der Waals surface area contributed by atoms with Gasteiger partial charge in [0.2, 0.25) is 0 Å². The van der Waals surface area contributed by atoms with Crippen LogP contribution >= 0.6 is 0 Å². The molecule has 0 fully saturated rings. The summed E-state index contributed by atoms with van der Waals surface area (Å²) in [6.45, 7) is 0. The van der Waals surface area contributed by atoms with E-state index in [0.717, 1.165) is 0 Å². The van der Waals surface area contributed by atoms with Crippen LogP contribution in [-0.4, -0.2) is 14.0 Å². The van der Waals surface area contributed by atoms with Crippen LogP contribution in [0.1, 0.15) is 7.43 Å². The normalized spacial score (nSPS) is 12.3. The highest BCUT2D eigenvalue weighted by Gasteiger charge is 1.62. The van der Waals surface area contributed by atoms with Crippen LogP contribution in [-0.2, 0) is 15.7 Å². The second kappa shape index (κ2) is 5.03. The minimum Gasteiger partial charge on any atom is -0.748 e. The van der Waals surface area contributed by atoms with E-state index in [1.54, 1.807) is 0 Å². The fourth-order valence-electron chi connectivity index (χ4n) is 0. The van der Waals surface area contributed by atoms with E-state index in [0.29, 0.717) is 0 Å². The zero-order chi connectivity index (χ0) is 4.28. The Morgan fingerprint density at radius 2 is 2.00 bits per heavy atom. The molecule has 0 aliphatic rings. The highest BCUT2D eigenvalue weighted by molar-refractivity contribution is 7.73. The molecule has 40 valence electrons. The third kappa shape index (κ3) is 8.98. The van der Waals surface area contributed by atoms with Gasteiger partial charge in [-0.15, -0.1) is 4.33 Å². The summed E-state index contributed by atoms with van der Waals surface area (Å²) in [7, 11) is 0. The summed E-state index contributed by atoms with van der Waals surface area (Å²) in [5.74, 6) is 0. The lowest BCUT2D eigenvalue weighted by Crippen LogP contribution is -1.86. The summed E-state index contributed by atoms with van der Waals surface area (Å²) in [5, 5.41) is 7.03. The van der Waals surface area contributed by atoms with Gasteiger partial charge in [-0.3, -0.25) is 0 Å². The molecule has 0 amide bonds. The first-order chi connectivity index (χ1) is 2.27. The van der Waals surface area contributed by atoms with E-state index >= 15 is 0 Å². The molecule has 4 nitrogen and oxygen atoms in total. The summed E-state index contributed by atoms with van der Waals surface area (Å²) in [6.07, 6.45) is 0. The molecule has 0 aromatic rings. The summed E-state index contributed by atoms with van der Waals surface area (Å²) < 4.78 is 20.5. The third-order valence-corrected chi connectivity index (χ3v) is 0.183. The predicted octanol–water partition coefficient (Wildman–Crippen LogP) is -0.0938. The van der Waals surface area contributed by atoms with Gasteiger partial charge in [-0.1, -0.05) is 7.43 Å². The Balaban J connectivity index is 0. The fourth-order valence-corrected chi connectivity index (χ4v) is 0. The summed E-state index contributed by atoms with van der Waals surface area (Å²) in [6, 6.07) is 0. The average molecular weight is 113 g/mol. The number of rotatable bonds is 1. The van der Waals surface area contributed by atoms with Crippen molar-refractivity contribution < 1.29 is 18.4 Å². The molecule has 0 aliphatic carbocycles. The van der Waals surface area contributed by atoms with Crippen molar-refractivity contribution >= 4 is 11.4 Å². The van der Waals surface area contributed by atoms with E-state index in [2.05, 4.69) is 4.33 Å². The van der Waals surface area contributed by atoms with Gasteiger partial charge in [0.15, 0.2) is 0 Å². The first-order valence-corrected chi connectivity index (χ1v) is 1.68. The molecule has 5 heteroatoms. The predicted molar refractivity (Wildman–Crippen MR) is 19.4 cm³/mol. The molecule has 6 heavy (non-hydrogen) atoms. The molecule has 0 spiro atoms. The number of hydrogen-bond donors (Lipinski definition) is 1. The smallest absolute Gasteiger partial charge is 0.120 e. The molecular formula is CH5O4S-. The van der Waals surface area contributed by atoms with Gasteiger partial charge in [-0.25, -0.2) is 9.47 Å². The van der Waals surface area contributed by atoms with Gasteiger partial charge in [-0.2, -0.15) is 0 Å². The van der Waals surface area contributed by atoms with Crippen LogP contribution in [0.4, 0.5) is 0 Å². The van der Waals surface area contributed by atoms with Gasteiger partial charge < -0.3 is 4.55 Å². The van der Waals surface area contributed by atoms with Crippen LogP contribution in [0.2, 0.25) is 0 Å². The molecule has 0 aliphatic heterocycles. The minimum atomic E-state index is -2.77. The standard InChI is InChI=1S/CH4.H2O4S/c;1-4-5(2)3/h1H4;1H,(H,2,3)/p-1. The monoisotopic (exact) mass is 113 g/mol. The Hall–Kier alpha value is 0.0300. The molecule has 0 heterocycles. The lowest BCUT2D eigenvalue weighted by Gasteiger charge is -1.91. The Bertz CT molecular complexity index is 42.8. The second-order valence-corrected chi connectivity index (χ2v) is 0.836. The Morgan fingerprint density at radius 3 is 2.00 bits per heavy atom. The summed E-state index contributed by atoms with van der Waals surface area (Å²) in [5.41, 5.74) is 0. The van der Waals surface area contributed by atoms with Crippen molar-refractivity contribution in [2.24, 2.45) is 0 Å². The average Bonchev–Trinajstić information content (AvgIpc) is 1.38. The van der Waals surface area contributed by atoms with Crippen molar-refractivity contribution in [1.29, 1.82) is 0 Å². The quantitative estimate of drug-likeness (QED) is 0.293. The van der Waals surface area contributed by atoms with Gasteiger partial charge in [0.05, 0.1) is 0 Å². The summed E-state index contributed by atoms with van der Waals surface area (Å²) >= 11 is -2.77. The highest BCUT2D eigenvalue weighted by Crippen LogP contribution is 1.62. The first-order valence-electron chi connectivity index (χ1n) is 0.683. The molecule has 1 unspecified atom stereocenters. The molecular weight excluding hydrogens is 108 g/mol. The van der Waals surface area contributed by atoms with Crippen LogP contribution < -0.4 is 0 Å². The van der Waals surface area contributed by atoms with E-state index in [-0.39, 0.29) is 7.43 Å². The Morgan fingerprint density at radius 1 is 1.83 bits per heavy atom. The van der Waals surface area contributed by atoms with Crippen molar-refractivity contribution in [3.05, 3.63) is 0 Å². The minimum absolute atomic E-state index is 0.